The van der Waals surface area contributed by atoms with E-state index in [0.29, 0.717) is 21.3 Å². The summed E-state index contributed by atoms with van der Waals surface area (Å²) < 4.78 is 0. The van der Waals surface area contributed by atoms with Gasteiger partial charge in [0.25, 0.3) is 5.91 Å². The van der Waals surface area contributed by atoms with Gasteiger partial charge in [-0.1, -0.05) is 23.2 Å². The number of hydrazone groups is 1. The van der Waals surface area contributed by atoms with E-state index in [1.54, 1.807) is 39.0 Å². The summed E-state index contributed by atoms with van der Waals surface area (Å²) >= 11 is 12.0. The van der Waals surface area contributed by atoms with Crippen molar-refractivity contribution in [3.8, 4) is 0 Å². The number of amides is 4. The number of benzene rings is 1. The molecule has 0 bridgehead atoms. The maximum absolute atomic E-state index is 12.0. The molecule has 0 spiro atoms. The van der Waals surface area contributed by atoms with Gasteiger partial charge in [0, 0.05) is 28.6 Å². The van der Waals surface area contributed by atoms with Gasteiger partial charge in [-0.3, -0.25) is 14.5 Å². The molecule has 2 rings (SSSR count). The van der Waals surface area contributed by atoms with Crippen molar-refractivity contribution in [2.45, 2.75) is 32.7 Å². The molecule has 7 nitrogen and oxygen atoms in total. The fourth-order valence-electron chi connectivity index (χ4n) is 2.27. The fraction of sp³-hybridized carbons (Fsp3) is 0.375. The summed E-state index contributed by atoms with van der Waals surface area (Å²) in [5.41, 5.74) is 2.51. The van der Waals surface area contributed by atoms with E-state index in [4.69, 9.17) is 23.2 Å². The van der Waals surface area contributed by atoms with Crippen LogP contribution in [0, 0.1) is 0 Å². The number of carbonyl (C=O) groups excluding carboxylic acids is 3. The van der Waals surface area contributed by atoms with E-state index in [1.807, 2.05) is 0 Å². The maximum atomic E-state index is 12.0. The lowest BCUT2D eigenvalue weighted by atomic mass is 10.1. The van der Waals surface area contributed by atoms with Gasteiger partial charge in [-0.05, 0) is 39.0 Å². The van der Waals surface area contributed by atoms with Gasteiger partial charge in [-0.25, -0.2) is 10.2 Å². The number of urea groups is 1. The zero-order valence-corrected chi connectivity index (χ0v) is 15.5. The van der Waals surface area contributed by atoms with Crippen LogP contribution in [0.4, 0.5) is 4.79 Å². The molecule has 2 N–H and O–H groups in total. The summed E-state index contributed by atoms with van der Waals surface area (Å²) in [5.74, 6) is -0.793. The number of nitrogens with zero attached hydrogens (tertiary/aromatic N) is 2. The van der Waals surface area contributed by atoms with Gasteiger partial charge < -0.3 is 5.32 Å². The molecule has 1 aromatic carbocycles. The second kappa shape index (κ2) is 7.41. The first kappa shape index (κ1) is 19.2. The number of imide groups is 1. The quantitative estimate of drug-likeness (QED) is 0.464. The minimum atomic E-state index is -0.953. The van der Waals surface area contributed by atoms with E-state index in [2.05, 4.69) is 15.8 Å². The third-order valence-corrected chi connectivity index (χ3v) is 4.24. The molecule has 134 valence electrons. The Hall–Kier alpha value is -2.12. The molecule has 1 fully saturated rings. The molecule has 1 aliphatic rings. The number of halogens is 2. The molecule has 0 atom stereocenters. The number of carbonyl (C=O) groups is 3. The Morgan fingerprint density at radius 1 is 1.32 bits per heavy atom. The second-order valence-corrected chi connectivity index (χ2v) is 6.96. The monoisotopic (exact) mass is 384 g/mol. The SMILES string of the molecule is C/C(=N/NC(=O)CCN1C(=O)NC(C)(C)C1=O)c1cc(Cl)ccc1Cl. The fourth-order valence-corrected chi connectivity index (χ4v) is 2.70. The molecule has 1 aromatic rings. The summed E-state index contributed by atoms with van der Waals surface area (Å²) in [6, 6.07) is 4.43. The van der Waals surface area contributed by atoms with E-state index in [1.165, 1.54) is 0 Å². The van der Waals surface area contributed by atoms with Gasteiger partial charge in [0.05, 0.1) is 5.71 Å². The van der Waals surface area contributed by atoms with Crippen molar-refractivity contribution in [3.63, 3.8) is 0 Å². The molecule has 1 aliphatic heterocycles. The van der Waals surface area contributed by atoms with Gasteiger partial charge in [-0.2, -0.15) is 5.10 Å². The van der Waals surface area contributed by atoms with Gasteiger partial charge in [0.15, 0.2) is 0 Å². The minimum Gasteiger partial charge on any atom is -0.324 e. The Morgan fingerprint density at radius 3 is 2.60 bits per heavy atom. The van der Waals surface area contributed by atoms with Gasteiger partial charge in [0.1, 0.15) is 5.54 Å². The summed E-state index contributed by atoms with van der Waals surface area (Å²) in [6.45, 7) is 4.87. The average molecular weight is 385 g/mol. The zero-order valence-electron chi connectivity index (χ0n) is 14.0. The molecule has 0 unspecified atom stereocenters. The Morgan fingerprint density at radius 2 is 2.00 bits per heavy atom. The molecule has 1 saturated heterocycles. The standard InChI is InChI=1S/C16H18Cl2N4O3/c1-9(11-8-10(17)4-5-12(11)18)20-21-13(23)6-7-22-14(24)16(2,3)19-15(22)25/h4-5,8H,6-7H2,1-3H3,(H,19,25)(H,21,23)/b20-9-. The Labute approximate surface area is 155 Å². The molecule has 4 amide bonds. The highest BCUT2D eigenvalue weighted by Crippen LogP contribution is 2.21. The predicted octanol–water partition coefficient (Wildman–Crippen LogP) is 2.55. The van der Waals surface area contributed by atoms with Crippen molar-refractivity contribution in [1.29, 1.82) is 0 Å². The number of hydrogen-bond acceptors (Lipinski definition) is 4. The topological polar surface area (TPSA) is 90.9 Å². The molecule has 9 heteroatoms. The minimum absolute atomic E-state index is 0.0214. The largest absolute Gasteiger partial charge is 0.325 e. The van der Waals surface area contributed by atoms with E-state index in [9.17, 15) is 14.4 Å². The molecular formula is C16H18Cl2N4O3. The van der Waals surface area contributed by atoms with Crippen molar-refractivity contribution in [2.75, 3.05) is 6.54 Å². The first-order valence-electron chi connectivity index (χ1n) is 7.54. The molecule has 25 heavy (non-hydrogen) atoms. The van der Waals surface area contributed by atoms with Gasteiger partial charge in [-0.15, -0.1) is 0 Å². The lowest BCUT2D eigenvalue weighted by Crippen LogP contribution is -2.40. The van der Waals surface area contributed by atoms with Crippen molar-refractivity contribution in [2.24, 2.45) is 5.10 Å². The Bertz CT molecular complexity index is 762. The zero-order chi connectivity index (χ0) is 18.8. The molecule has 0 aromatic heterocycles. The summed E-state index contributed by atoms with van der Waals surface area (Å²) in [6.07, 6.45) is -0.0602. The van der Waals surface area contributed by atoms with Crippen LogP contribution in [-0.2, 0) is 9.59 Å². The van der Waals surface area contributed by atoms with Crippen molar-refractivity contribution < 1.29 is 14.4 Å². The maximum Gasteiger partial charge on any atom is 0.325 e. The van der Waals surface area contributed by atoms with Crippen LogP contribution in [0.3, 0.4) is 0 Å². The third-order valence-electron chi connectivity index (χ3n) is 3.67. The van der Waals surface area contributed by atoms with Crippen LogP contribution in [0.5, 0.6) is 0 Å². The highest BCUT2D eigenvalue weighted by Gasteiger charge is 2.43. The van der Waals surface area contributed by atoms with Crippen LogP contribution in [0.15, 0.2) is 23.3 Å². The van der Waals surface area contributed by atoms with Crippen molar-refractivity contribution in [1.82, 2.24) is 15.6 Å². The van der Waals surface area contributed by atoms with Crippen LogP contribution in [-0.4, -0.2) is 40.5 Å². The highest BCUT2D eigenvalue weighted by molar-refractivity contribution is 6.36. The molecule has 0 aliphatic carbocycles. The predicted molar refractivity (Wildman–Crippen MR) is 95.8 cm³/mol. The van der Waals surface area contributed by atoms with Gasteiger partial charge >= 0.3 is 6.03 Å². The summed E-state index contributed by atoms with van der Waals surface area (Å²) in [7, 11) is 0. The van der Waals surface area contributed by atoms with Crippen LogP contribution < -0.4 is 10.7 Å². The van der Waals surface area contributed by atoms with Crippen LogP contribution in [0.2, 0.25) is 10.0 Å². The average Bonchev–Trinajstić information content (AvgIpc) is 2.73. The summed E-state index contributed by atoms with van der Waals surface area (Å²) in [4.78, 5) is 36.7. The third kappa shape index (κ3) is 4.49. The van der Waals surface area contributed by atoms with E-state index in [0.717, 1.165) is 4.90 Å². The van der Waals surface area contributed by atoms with E-state index in [-0.39, 0.29) is 18.9 Å². The van der Waals surface area contributed by atoms with Crippen LogP contribution >= 0.6 is 23.2 Å². The van der Waals surface area contributed by atoms with Crippen LogP contribution in [0.1, 0.15) is 32.8 Å². The molecule has 1 heterocycles. The molecule has 0 radical (unpaired) electrons. The van der Waals surface area contributed by atoms with E-state index < -0.39 is 17.5 Å². The normalized spacial score (nSPS) is 16.8. The Balaban J connectivity index is 1.94. The Kier molecular flexibility index (Phi) is 5.69. The number of nitrogens with one attached hydrogen (secondary N) is 2. The molecular weight excluding hydrogens is 367 g/mol. The smallest absolute Gasteiger partial charge is 0.324 e. The lowest BCUT2D eigenvalue weighted by Gasteiger charge is -2.15. The van der Waals surface area contributed by atoms with Crippen molar-refractivity contribution in [3.05, 3.63) is 33.8 Å². The number of hydrogen-bond donors (Lipinski definition) is 2. The van der Waals surface area contributed by atoms with Crippen molar-refractivity contribution >= 4 is 46.8 Å². The highest BCUT2D eigenvalue weighted by atomic mass is 35.5. The lowest BCUT2D eigenvalue weighted by molar-refractivity contribution is -0.130. The first-order chi connectivity index (χ1) is 11.6. The number of rotatable bonds is 5. The second-order valence-electron chi connectivity index (χ2n) is 6.12. The van der Waals surface area contributed by atoms with E-state index >= 15 is 0 Å². The van der Waals surface area contributed by atoms with Crippen LogP contribution in [0.25, 0.3) is 0 Å². The molecule has 0 saturated carbocycles. The first-order valence-corrected chi connectivity index (χ1v) is 8.30. The summed E-state index contributed by atoms with van der Waals surface area (Å²) in [5, 5.41) is 7.49. The van der Waals surface area contributed by atoms with Gasteiger partial charge in [0.2, 0.25) is 5.91 Å².